The van der Waals surface area contributed by atoms with Gasteiger partial charge in [0, 0.05) is 7.05 Å². The van der Waals surface area contributed by atoms with E-state index in [1.807, 2.05) is 0 Å². The van der Waals surface area contributed by atoms with Gasteiger partial charge in [-0.05, 0) is 17.8 Å². The first kappa shape index (κ1) is 8.17. The molecule has 0 aromatic carbocycles. The third-order valence-electron chi connectivity index (χ3n) is 0.649. The zero-order chi connectivity index (χ0) is 7.28. The van der Waals surface area contributed by atoms with Crippen LogP contribution in [0.25, 0.3) is 0 Å². The zero-order valence-corrected chi connectivity index (χ0v) is 5.77. The van der Waals surface area contributed by atoms with E-state index in [1.54, 1.807) is 0 Å². The molecule has 0 aromatic heterocycles. The van der Waals surface area contributed by atoms with E-state index in [2.05, 4.69) is 16.9 Å². The fraction of sp³-hybridized carbons (Fsp3) is 0.200. The van der Waals surface area contributed by atoms with Crippen LogP contribution in [0.1, 0.15) is 0 Å². The van der Waals surface area contributed by atoms with Crippen LogP contribution in [-0.4, -0.2) is 18.1 Å². The maximum atomic E-state index is 10.3. The molecule has 0 rings (SSSR count). The van der Waals surface area contributed by atoms with Gasteiger partial charge in [0.25, 0.3) is 5.24 Å². The summed E-state index contributed by atoms with van der Waals surface area (Å²) in [5.74, 6) is 0.103. The predicted molar refractivity (Wildman–Crippen MR) is 37.6 cm³/mol. The molecule has 0 radical (unpaired) electrons. The Hall–Kier alpha value is -0.830. The van der Waals surface area contributed by atoms with Gasteiger partial charge in [-0.2, -0.15) is 0 Å². The van der Waals surface area contributed by atoms with Gasteiger partial charge in [0.05, 0.1) is 0 Å². The Morgan fingerprint density at radius 2 is 2.44 bits per heavy atom. The van der Waals surface area contributed by atoms with Crippen LogP contribution in [0, 0.1) is 0 Å². The number of aliphatic imine (C=N–C) groups is 1. The summed E-state index contributed by atoms with van der Waals surface area (Å²) in [4.78, 5) is 13.8. The Labute approximate surface area is 58.4 Å². The molecule has 0 amide bonds. The maximum absolute atomic E-state index is 10.3. The number of nitrogens with zero attached hydrogens (tertiary/aromatic N) is 1. The highest BCUT2D eigenvalue weighted by Gasteiger charge is 2.01. The smallest absolute Gasteiger partial charge is 0.287 e. The lowest BCUT2D eigenvalue weighted by Crippen LogP contribution is -2.22. The molecule has 0 spiro atoms. The molecule has 0 atom stereocenters. The van der Waals surface area contributed by atoms with Crippen molar-refractivity contribution >= 4 is 22.7 Å². The minimum absolute atomic E-state index is 0.103. The lowest BCUT2D eigenvalue weighted by atomic mass is 10.6. The van der Waals surface area contributed by atoms with Crippen LogP contribution in [0.3, 0.4) is 0 Å². The molecule has 0 unspecified atom stereocenters. The zero-order valence-electron chi connectivity index (χ0n) is 5.02. The van der Waals surface area contributed by atoms with Gasteiger partial charge in [-0.15, -0.1) is 0 Å². The van der Waals surface area contributed by atoms with Crippen molar-refractivity contribution in [2.45, 2.75) is 0 Å². The van der Waals surface area contributed by atoms with Crippen molar-refractivity contribution in [1.82, 2.24) is 5.32 Å². The first-order valence-electron chi connectivity index (χ1n) is 2.26. The summed E-state index contributed by atoms with van der Waals surface area (Å²) in [6.45, 7) is 3.33. The second-order valence-corrected chi connectivity index (χ2v) is 1.54. The normalized spacial score (nSPS) is 10.7. The van der Waals surface area contributed by atoms with Gasteiger partial charge in [0.2, 0.25) is 0 Å². The summed E-state index contributed by atoms with van der Waals surface area (Å²) in [5, 5.41) is 1.85. The van der Waals surface area contributed by atoms with Crippen LogP contribution >= 0.6 is 11.6 Å². The van der Waals surface area contributed by atoms with Crippen LogP contribution in [-0.2, 0) is 4.79 Å². The predicted octanol–water partition coefficient (Wildman–Crippen LogP) is 0.513. The number of halogens is 1. The number of carbonyl (C=O) groups is 1. The fourth-order valence-corrected chi connectivity index (χ4v) is 0.445. The van der Waals surface area contributed by atoms with Crippen molar-refractivity contribution in [3.63, 3.8) is 0 Å². The van der Waals surface area contributed by atoms with Crippen molar-refractivity contribution in [2.75, 3.05) is 7.05 Å². The lowest BCUT2D eigenvalue weighted by Gasteiger charge is -1.94. The molecule has 0 aliphatic carbocycles. The molecule has 0 aliphatic heterocycles. The van der Waals surface area contributed by atoms with Crippen LogP contribution in [0.15, 0.2) is 17.8 Å². The summed E-state index contributed by atoms with van der Waals surface area (Å²) in [6.07, 6.45) is 1.34. The molecule has 0 aromatic rings. The van der Waals surface area contributed by atoms with E-state index in [4.69, 9.17) is 11.6 Å². The van der Waals surface area contributed by atoms with Gasteiger partial charge in [0.1, 0.15) is 0 Å². The molecule has 0 saturated carbocycles. The molecule has 1 N–H and O–H groups in total. The van der Waals surface area contributed by atoms with E-state index < -0.39 is 5.24 Å². The lowest BCUT2D eigenvalue weighted by molar-refractivity contribution is -0.106. The Balaban J connectivity index is 4.00. The van der Waals surface area contributed by atoms with Crippen LogP contribution in [0.5, 0.6) is 0 Å². The summed E-state index contributed by atoms with van der Waals surface area (Å²) < 4.78 is 0. The Morgan fingerprint density at radius 3 is 2.56 bits per heavy atom. The van der Waals surface area contributed by atoms with Gasteiger partial charge in [-0.3, -0.25) is 9.79 Å². The summed E-state index contributed by atoms with van der Waals surface area (Å²) in [5.41, 5.74) is 0. The molecule has 50 valence electrons. The molecule has 4 heteroatoms. The Kier molecular flexibility index (Phi) is 3.71. The molecular formula is C5H7ClN2O. The highest BCUT2D eigenvalue weighted by atomic mass is 35.5. The van der Waals surface area contributed by atoms with E-state index in [1.165, 1.54) is 13.2 Å². The van der Waals surface area contributed by atoms with Gasteiger partial charge in [0.15, 0.2) is 5.84 Å². The SMILES string of the molecule is C=CNC(=NC)C(=O)Cl. The molecular weight excluding hydrogens is 140 g/mol. The minimum atomic E-state index is -0.614. The standard InChI is InChI=1S/C5H7ClN2O/c1-3-8-5(7-2)4(6)9/h3H,1H2,2H3,(H,7,8). The average molecular weight is 147 g/mol. The maximum Gasteiger partial charge on any atom is 0.287 e. The highest BCUT2D eigenvalue weighted by Crippen LogP contribution is 1.81. The van der Waals surface area contributed by atoms with Crippen LogP contribution in [0.4, 0.5) is 0 Å². The molecule has 0 heterocycles. The molecule has 3 nitrogen and oxygen atoms in total. The van der Waals surface area contributed by atoms with Gasteiger partial charge in [-0.1, -0.05) is 6.58 Å². The molecule has 0 fully saturated rings. The van der Waals surface area contributed by atoms with Crippen molar-refractivity contribution in [3.05, 3.63) is 12.8 Å². The quantitative estimate of drug-likeness (QED) is 0.351. The molecule has 0 aliphatic rings. The Morgan fingerprint density at radius 1 is 1.89 bits per heavy atom. The van der Waals surface area contributed by atoms with E-state index in [0.29, 0.717) is 0 Å². The second kappa shape index (κ2) is 4.09. The number of carbonyl (C=O) groups excluding carboxylic acids is 1. The number of amidine groups is 1. The average Bonchev–Trinajstić information content (AvgIpc) is 1.82. The van der Waals surface area contributed by atoms with E-state index >= 15 is 0 Å². The van der Waals surface area contributed by atoms with Gasteiger partial charge >= 0.3 is 0 Å². The summed E-state index contributed by atoms with van der Waals surface area (Å²) in [6, 6.07) is 0. The number of hydrogen-bond acceptors (Lipinski definition) is 2. The van der Waals surface area contributed by atoms with Crippen molar-refractivity contribution < 1.29 is 4.79 Å². The third kappa shape index (κ3) is 2.87. The number of hydrogen-bond donors (Lipinski definition) is 1. The fourth-order valence-electron chi connectivity index (χ4n) is 0.306. The summed E-state index contributed by atoms with van der Waals surface area (Å²) >= 11 is 5.04. The van der Waals surface area contributed by atoms with Gasteiger partial charge < -0.3 is 5.32 Å². The van der Waals surface area contributed by atoms with E-state index in [-0.39, 0.29) is 5.84 Å². The number of nitrogens with one attached hydrogen (secondary N) is 1. The monoisotopic (exact) mass is 146 g/mol. The van der Waals surface area contributed by atoms with Crippen LogP contribution < -0.4 is 5.32 Å². The largest absolute Gasteiger partial charge is 0.344 e. The van der Waals surface area contributed by atoms with Gasteiger partial charge in [-0.25, -0.2) is 0 Å². The van der Waals surface area contributed by atoms with Crippen molar-refractivity contribution in [2.24, 2.45) is 4.99 Å². The highest BCUT2D eigenvalue weighted by molar-refractivity contribution is 6.81. The first-order valence-corrected chi connectivity index (χ1v) is 2.64. The molecule has 0 bridgehead atoms. The first-order chi connectivity index (χ1) is 4.22. The van der Waals surface area contributed by atoms with Crippen LogP contribution in [0.2, 0.25) is 0 Å². The van der Waals surface area contributed by atoms with E-state index in [9.17, 15) is 4.79 Å². The molecule has 0 saturated heterocycles. The molecule has 9 heavy (non-hydrogen) atoms. The van der Waals surface area contributed by atoms with Crippen molar-refractivity contribution in [3.8, 4) is 0 Å². The van der Waals surface area contributed by atoms with Crippen molar-refractivity contribution in [1.29, 1.82) is 0 Å². The number of rotatable bonds is 2. The summed E-state index contributed by atoms with van der Waals surface area (Å²) in [7, 11) is 1.46. The second-order valence-electron chi connectivity index (χ2n) is 1.19. The minimum Gasteiger partial charge on any atom is -0.344 e. The van der Waals surface area contributed by atoms with E-state index in [0.717, 1.165) is 0 Å². The third-order valence-corrected chi connectivity index (χ3v) is 0.828. The topological polar surface area (TPSA) is 41.5 Å². The Bertz CT molecular complexity index is 153.